The third kappa shape index (κ3) is 5.51. The molecule has 1 saturated carbocycles. The zero-order chi connectivity index (χ0) is 21.6. The van der Waals surface area contributed by atoms with Gasteiger partial charge < -0.3 is 14.6 Å². The fourth-order valence-electron chi connectivity index (χ4n) is 4.57. The first-order valence-corrected chi connectivity index (χ1v) is 11.4. The summed E-state index contributed by atoms with van der Waals surface area (Å²) in [4.78, 5) is 31.4. The molecule has 1 aliphatic carbocycles. The lowest BCUT2D eigenvalue weighted by molar-refractivity contribution is -0.136. The summed E-state index contributed by atoms with van der Waals surface area (Å²) in [6, 6.07) is 6.66. The predicted octanol–water partition coefficient (Wildman–Crippen LogP) is 4.10. The van der Waals surface area contributed by atoms with E-state index in [0.717, 1.165) is 25.7 Å². The number of nitrogens with zero attached hydrogens (tertiary/aromatic N) is 2. The smallest absolute Gasteiger partial charge is 0.225 e. The van der Waals surface area contributed by atoms with Crippen molar-refractivity contribution in [1.82, 2.24) is 15.2 Å². The zero-order valence-corrected chi connectivity index (χ0v) is 17.8. The second-order valence-corrected chi connectivity index (χ2v) is 8.62. The monoisotopic (exact) mass is 427 g/mol. The average molecular weight is 428 g/mol. The van der Waals surface area contributed by atoms with Crippen molar-refractivity contribution in [1.29, 1.82) is 0 Å². The molecule has 31 heavy (non-hydrogen) atoms. The molecular weight excluding hydrogens is 397 g/mol. The Morgan fingerprint density at radius 2 is 1.94 bits per heavy atom. The van der Waals surface area contributed by atoms with E-state index in [2.05, 4.69) is 10.3 Å². The zero-order valence-electron chi connectivity index (χ0n) is 17.8. The predicted molar refractivity (Wildman–Crippen MR) is 115 cm³/mol. The minimum atomic E-state index is -0.368. The summed E-state index contributed by atoms with van der Waals surface area (Å²) in [7, 11) is 0. The molecule has 0 bridgehead atoms. The SMILES string of the molecule is O=C(NC1CCCCC1)C1CCCN(C(=O)CCc2ncc(-c3ccccc3F)o2)C1. The van der Waals surface area contributed by atoms with Crippen molar-refractivity contribution in [3.05, 3.63) is 42.2 Å². The second-order valence-electron chi connectivity index (χ2n) is 8.62. The Bertz CT molecular complexity index is 907. The van der Waals surface area contributed by atoms with Gasteiger partial charge in [-0.25, -0.2) is 9.37 Å². The van der Waals surface area contributed by atoms with E-state index >= 15 is 0 Å². The van der Waals surface area contributed by atoms with Crippen LogP contribution in [-0.2, 0) is 16.0 Å². The van der Waals surface area contributed by atoms with Gasteiger partial charge in [-0.05, 0) is 37.8 Å². The van der Waals surface area contributed by atoms with Gasteiger partial charge in [0.25, 0.3) is 0 Å². The van der Waals surface area contributed by atoms with Crippen molar-refractivity contribution >= 4 is 11.8 Å². The van der Waals surface area contributed by atoms with Crippen LogP contribution >= 0.6 is 0 Å². The standard InChI is InChI=1S/C24H30FN3O3/c25-20-11-5-4-10-19(20)21-15-26-22(31-21)12-13-23(29)28-14-6-7-17(16-28)24(30)27-18-8-2-1-3-9-18/h4-5,10-11,15,17-18H,1-3,6-9,12-14,16H2,(H,27,30). The van der Waals surface area contributed by atoms with Gasteiger partial charge in [0.05, 0.1) is 17.7 Å². The summed E-state index contributed by atoms with van der Waals surface area (Å²) >= 11 is 0. The van der Waals surface area contributed by atoms with E-state index in [4.69, 9.17) is 4.42 Å². The molecule has 2 aromatic rings. The van der Waals surface area contributed by atoms with Crippen molar-refractivity contribution < 1.29 is 18.4 Å². The van der Waals surface area contributed by atoms with Gasteiger partial charge in [0.1, 0.15) is 5.82 Å². The number of aryl methyl sites for hydroxylation is 1. The van der Waals surface area contributed by atoms with Crippen LogP contribution in [-0.4, -0.2) is 40.8 Å². The number of oxazole rings is 1. The van der Waals surface area contributed by atoms with Crippen LogP contribution in [0, 0.1) is 11.7 Å². The number of benzene rings is 1. The Balaban J connectivity index is 1.27. The number of carbonyl (C=O) groups is 2. The number of carbonyl (C=O) groups excluding carboxylic acids is 2. The molecule has 0 radical (unpaired) electrons. The lowest BCUT2D eigenvalue weighted by Crippen LogP contribution is -2.48. The van der Waals surface area contributed by atoms with Crippen LogP contribution in [0.15, 0.2) is 34.9 Å². The van der Waals surface area contributed by atoms with Gasteiger partial charge >= 0.3 is 0 Å². The van der Waals surface area contributed by atoms with Crippen molar-refractivity contribution in [3.8, 4) is 11.3 Å². The number of halogens is 1. The Kier molecular flexibility index (Phi) is 6.99. The number of aromatic nitrogens is 1. The largest absolute Gasteiger partial charge is 0.441 e. The van der Waals surface area contributed by atoms with E-state index < -0.39 is 0 Å². The summed E-state index contributed by atoms with van der Waals surface area (Å²) in [6.07, 6.45) is 9.50. The van der Waals surface area contributed by atoms with E-state index in [1.807, 2.05) is 0 Å². The molecule has 0 spiro atoms. The van der Waals surface area contributed by atoms with Gasteiger partial charge in [-0.15, -0.1) is 0 Å². The third-order valence-electron chi connectivity index (χ3n) is 6.34. The van der Waals surface area contributed by atoms with E-state index in [1.165, 1.54) is 31.5 Å². The van der Waals surface area contributed by atoms with Gasteiger partial charge in [0, 0.05) is 32.0 Å². The Morgan fingerprint density at radius 1 is 1.13 bits per heavy atom. The molecule has 2 heterocycles. The molecule has 7 heteroatoms. The molecule has 1 atom stereocenters. The second kappa shape index (κ2) is 10.1. The molecule has 1 aliphatic heterocycles. The molecule has 1 unspecified atom stereocenters. The molecule has 1 aromatic heterocycles. The topological polar surface area (TPSA) is 75.4 Å². The lowest BCUT2D eigenvalue weighted by atomic mass is 9.93. The summed E-state index contributed by atoms with van der Waals surface area (Å²) in [5, 5.41) is 3.20. The summed E-state index contributed by atoms with van der Waals surface area (Å²) in [6.45, 7) is 1.15. The van der Waals surface area contributed by atoms with E-state index in [-0.39, 0.29) is 30.0 Å². The fraction of sp³-hybridized carbons (Fsp3) is 0.542. The highest BCUT2D eigenvalue weighted by molar-refractivity contribution is 5.81. The van der Waals surface area contributed by atoms with E-state index in [0.29, 0.717) is 42.8 Å². The summed E-state index contributed by atoms with van der Waals surface area (Å²) in [5.74, 6) is 0.363. The van der Waals surface area contributed by atoms with Crippen LogP contribution in [0.1, 0.15) is 57.3 Å². The molecule has 2 amide bonds. The number of nitrogens with one attached hydrogen (secondary N) is 1. The van der Waals surface area contributed by atoms with Crippen LogP contribution in [0.5, 0.6) is 0 Å². The van der Waals surface area contributed by atoms with E-state index in [9.17, 15) is 14.0 Å². The third-order valence-corrected chi connectivity index (χ3v) is 6.34. The molecule has 6 nitrogen and oxygen atoms in total. The maximum atomic E-state index is 13.9. The number of hydrogen-bond donors (Lipinski definition) is 1. The molecule has 1 saturated heterocycles. The van der Waals surface area contributed by atoms with Crippen LogP contribution < -0.4 is 5.32 Å². The molecule has 2 aliphatic rings. The van der Waals surface area contributed by atoms with Gasteiger partial charge in [-0.2, -0.15) is 0 Å². The molecule has 1 N–H and O–H groups in total. The first-order valence-electron chi connectivity index (χ1n) is 11.4. The number of hydrogen-bond acceptors (Lipinski definition) is 4. The number of amides is 2. The van der Waals surface area contributed by atoms with Crippen molar-refractivity contribution in [3.63, 3.8) is 0 Å². The quantitative estimate of drug-likeness (QED) is 0.753. The minimum Gasteiger partial charge on any atom is -0.441 e. The summed E-state index contributed by atoms with van der Waals surface area (Å²) in [5.41, 5.74) is 0.357. The maximum absolute atomic E-state index is 13.9. The highest BCUT2D eigenvalue weighted by Gasteiger charge is 2.29. The maximum Gasteiger partial charge on any atom is 0.225 e. The lowest BCUT2D eigenvalue weighted by Gasteiger charge is -2.33. The van der Waals surface area contributed by atoms with Crippen molar-refractivity contribution in [2.45, 2.75) is 63.8 Å². The first kappa shape index (κ1) is 21.5. The molecule has 4 rings (SSSR count). The first-order chi connectivity index (χ1) is 15.1. The average Bonchev–Trinajstić information content (AvgIpc) is 3.27. The summed E-state index contributed by atoms with van der Waals surface area (Å²) < 4.78 is 19.6. The van der Waals surface area contributed by atoms with Crippen molar-refractivity contribution in [2.75, 3.05) is 13.1 Å². The fourth-order valence-corrected chi connectivity index (χ4v) is 4.57. The highest BCUT2D eigenvalue weighted by Crippen LogP contribution is 2.24. The Hall–Kier alpha value is -2.70. The molecule has 2 fully saturated rings. The Morgan fingerprint density at radius 3 is 2.74 bits per heavy atom. The van der Waals surface area contributed by atoms with Gasteiger partial charge in [0.2, 0.25) is 11.8 Å². The van der Waals surface area contributed by atoms with Crippen molar-refractivity contribution in [2.24, 2.45) is 5.92 Å². The van der Waals surface area contributed by atoms with Crippen LogP contribution in [0.25, 0.3) is 11.3 Å². The Labute approximate surface area is 182 Å². The van der Waals surface area contributed by atoms with Crippen LogP contribution in [0.4, 0.5) is 4.39 Å². The minimum absolute atomic E-state index is 0.000748. The van der Waals surface area contributed by atoms with Gasteiger partial charge in [-0.1, -0.05) is 31.4 Å². The van der Waals surface area contributed by atoms with Gasteiger partial charge in [-0.3, -0.25) is 9.59 Å². The van der Waals surface area contributed by atoms with Crippen LogP contribution in [0.2, 0.25) is 0 Å². The normalized spacial score (nSPS) is 19.9. The number of piperidine rings is 1. The van der Waals surface area contributed by atoms with Crippen LogP contribution in [0.3, 0.4) is 0 Å². The molecule has 166 valence electrons. The van der Waals surface area contributed by atoms with Gasteiger partial charge in [0.15, 0.2) is 11.7 Å². The highest BCUT2D eigenvalue weighted by atomic mass is 19.1. The molecular formula is C24H30FN3O3. The molecule has 1 aromatic carbocycles. The number of rotatable bonds is 6. The number of likely N-dealkylation sites (tertiary alicyclic amines) is 1. The van der Waals surface area contributed by atoms with E-state index in [1.54, 1.807) is 23.1 Å².